The quantitative estimate of drug-likeness (QED) is 0.583. The van der Waals surface area contributed by atoms with Crippen molar-refractivity contribution < 1.29 is 0 Å². The number of allylic oxidation sites excluding steroid dienone is 3. The van der Waals surface area contributed by atoms with Crippen molar-refractivity contribution in [2.45, 2.75) is 84.1 Å². The van der Waals surface area contributed by atoms with Gasteiger partial charge in [0.2, 0.25) is 0 Å². The van der Waals surface area contributed by atoms with E-state index in [2.05, 4.69) is 42.8 Å². The zero-order chi connectivity index (χ0) is 17.7. The molecule has 0 aromatic heterocycles. The Hall–Kier alpha value is -0.760. The summed E-state index contributed by atoms with van der Waals surface area (Å²) in [4.78, 5) is 2.73. The smallest absolute Gasteiger partial charge is 0.0180 e. The summed E-state index contributed by atoms with van der Waals surface area (Å²) in [6, 6.07) is 0.819. The molecule has 3 rings (SSSR count). The van der Waals surface area contributed by atoms with E-state index < -0.39 is 0 Å². The van der Waals surface area contributed by atoms with Gasteiger partial charge in [0, 0.05) is 31.4 Å². The number of hydrogen-bond acceptors (Lipinski definition) is 2. The molecule has 0 radical (unpaired) electrons. The average Bonchev–Trinajstić information content (AvgIpc) is 3.48. The number of hydrogen-bond donors (Lipinski definition) is 1. The van der Waals surface area contributed by atoms with Crippen LogP contribution in [-0.4, -0.2) is 30.6 Å². The Bertz CT molecular complexity index is 447. The first-order valence-electron chi connectivity index (χ1n) is 10.9. The minimum Gasteiger partial charge on any atom is -0.375 e. The van der Waals surface area contributed by atoms with Crippen LogP contribution in [0.2, 0.25) is 0 Å². The van der Waals surface area contributed by atoms with Crippen molar-refractivity contribution in [2.75, 3.05) is 19.6 Å². The fourth-order valence-electron chi connectivity index (χ4n) is 5.19. The normalized spacial score (nSPS) is 30.3. The molecule has 0 unspecified atom stereocenters. The predicted octanol–water partition coefficient (Wildman–Crippen LogP) is 5.52. The van der Waals surface area contributed by atoms with Gasteiger partial charge in [-0.2, -0.15) is 0 Å². The van der Waals surface area contributed by atoms with Crippen LogP contribution in [0.1, 0.15) is 78.1 Å². The van der Waals surface area contributed by atoms with E-state index in [4.69, 9.17) is 0 Å². The van der Waals surface area contributed by atoms with E-state index in [1.165, 1.54) is 83.8 Å². The molecular weight excluding hydrogens is 304 g/mol. The standard InChI is InChI=1S/C23H40N2/c1-4-13-23(18-24-21-11-12-21)14-16-25(17-15-23)22(6-3)20-9-7-19(5-2)8-10-20/h4,6,19-21,24H,1,5,7-18H2,2-3H3/b22-6-. The summed E-state index contributed by atoms with van der Waals surface area (Å²) in [6.07, 6.45) is 18.3. The molecule has 2 nitrogen and oxygen atoms in total. The van der Waals surface area contributed by atoms with E-state index in [0.717, 1.165) is 17.9 Å². The molecule has 0 amide bonds. The molecule has 0 bridgehead atoms. The largest absolute Gasteiger partial charge is 0.375 e. The van der Waals surface area contributed by atoms with Crippen LogP contribution in [-0.2, 0) is 0 Å². The second-order valence-corrected chi connectivity index (χ2v) is 8.97. The van der Waals surface area contributed by atoms with Crippen LogP contribution in [0.15, 0.2) is 24.4 Å². The highest BCUT2D eigenvalue weighted by molar-refractivity contribution is 5.09. The van der Waals surface area contributed by atoms with Crippen LogP contribution in [0.3, 0.4) is 0 Å². The maximum absolute atomic E-state index is 4.05. The molecule has 1 N–H and O–H groups in total. The number of piperidine rings is 1. The number of nitrogens with zero attached hydrogens (tertiary/aromatic N) is 1. The Labute approximate surface area is 156 Å². The minimum absolute atomic E-state index is 0.458. The van der Waals surface area contributed by atoms with Gasteiger partial charge >= 0.3 is 0 Å². The molecule has 2 saturated carbocycles. The summed E-state index contributed by atoms with van der Waals surface area (Å²) in [5.74, 6) is 1.81. The Morgan fingerprint density at radius 3 is 2.32 bits per heavy atom. The first-order valence-corrected chi connectivity index (χ1v) is 10.9. The van der Waals surface area contributed by atoms with Gasteiger partial charge in [0.05, 0.1) is 0 Å². The number of rotatable bonds is 8. The van der Waals surface area contributed by atoms with Crippen LogP contribution in [0.4, 0.5) is 0 Å². The number of likely N-dealkylation sites (tertiary alicyclic amines) is 1. The summed E-state index contributed by atoms with van der Waals surface area (Å²) >= 11 is 0. The first-order chi connectivity index (χ1) is 12.2. The lowest BCUT2D eigenvalue weighted by Gasteiger charge is -2.45. The lowest BCUT2D eigenvalue weighted by molar-refractivity contribution is 0.111. The lowest BCUT2D eigenvalue weighted by Crippen LogP contribution is -2.46. The van der Waals surface area contributed by atoms with E-state index in [1.54, 1.807) is 5.70 Å². The van der Waals surface area contributed by atoms with Crippen LogP contribution >= 0.6 is 0 Å². The van der Waals surface area contributed by atoms with Crippen molar-refractivity contribution in [1.29, 1.82) is 0 Å². The van der Waals surface area contributed by atoms with Gasteiger partial charge in [-0.05, 0) is 82.0 Å². The molecule has 25 heavy (non-hydrogen) atoms. The SMILES string of the molecule is C=CCC1(CNC2CC2)CCN(/C(=C\C)C2CCC(CC)CC2)CC1. The molecular formula is C23H40N2. The van der Waals surface area contributed by atoms with E-state index >= 15 is 0 Å². The highest BCUT2D eigenvalue weighted by atomic mass is 15.2. The molecule has 3 fully saturated rings. The average molecular weight is 345 g/mol. The fourth-order valence-corrected chi connectivity index (χ4v) is 5.19. The Morgan fingerprint density at radius 1 is 1.12 bits per heavy atom. The van der Waals surface area contributed by atoms with Gasteiger partial charge in [-0.25, -0.2) is 0 Å². The summed E-state index contributed by atoms with van der Waals surface area (Å²) in [6.45, 7) is 12.4. The van der Waals surface area contributed by atoms with Crippen molar-refractivity contribution in [1.82, 2.24) is 10.2 Å². The Balaban J connectivity index is 1.54. The van der Waals surface area contributed by atoms with Gasteiger partial charge in [-0.1, -0.05) is 25.5 Å². The van der Waals surface area contributed by atoms with Crippen molar-refractivity contribution in [3.05, 3.63) is 24.4 Å². The van der Waals surface area contributed by atoms with E-state index in [-0.39, 0.29) is 0 Å². The second kappa shape index (κ2) is 8.75. The molecule has 1 aliphatic heterocycles. The summed E-state index contributed by atoms with van der Waals surface area (Å²) in [5, 5.41) is 3.80. The molecule has 142 valence electrons. The molecule has 2 heteroatoms. The number of nitrogens with one attached hydrogen (secondary N) is 1. The zero-order valence-corrected chi connectivity index (χ0v) is 16.7. The molecule has 0 atom stereocenters. The van der Waals surface area contributed by atoms with Crippen molar-refractivity contribution >= 4 is 0 Å². The second-order valence-electron chi connectivity index (χ2n) is 8.97. The highest BCUT2D eigenvalue weighted by Gasteiger charge is 2.36. The van der Waals surface area contributed by atoms with Gasteiger partial charge in [-0.3, -0.25) is 0 Å². The maximum atomic E-state index is 4.05. The first kappa shape index (κ1) is 19.0. The maximum Gasteiger partial charge on any atom is 0.0180 e. The molecule has 0 aromatic carbocycles. The van der Waals surface area contributed by atoms with Crippen molar-refractivity contribution in [3.8, 4) is 0 Å². The van der Waals surface area contributed by atoms with Crippen LogP contribution in [0.5, 0.6) is 0 Å². The summed E-state index contributed by atoms with van der Waals surface area (Å²) in [7, 11) is 0. The van der Waals surface area contributed by atoms with Gasteiger partial charge in [0.1, 0.15) is 0 Å². The fraction of sp³-hybridized carbons (Fsp3) is 0.826. The van der Waals surface area contributed by atoms with Gasteiger partial charge in [0.15, 0.2) is 0 Å². The van der Waals surface area contributed by atoms with E-state index in [9.17, 15) is 0 Å². The van der Waals surface area contributed by atoms with Crippen LogP contribution in [0, 0.1) is 17.3 Å². The third-order valence-electron chi connectivity index (χ3n) is 7.25. The van der Waals surface area contributed by atoms with Crippen molar-refractivity contribution in [2.24, 2.45) is 17.3 Å². The van der Waals surface area contributed by atoms with Gasteiger partial charge in [0.25, 0.3) is 0 Å². The minimum atomic E-state index is 0.458. The monoisotopic (exact) mass is 344 g/mol. The molecule has 1 saturated heterocycles. The highest BCUT2D eigenvalue weighted by Crippen LogP contribution is 2.41. The third-order valence-corrected chi connectivity index (χ3v) is 7.25. The summed E-state index contributed by atoms with van der Waals surface area (Å²) < 4.78 is 0. The Morgan fingerprint density at radius 2 is 1.80 bits per heavy atom. The van der Waals surface area contributed by atoms with E-state index in [0.29, 0.717) is 5.41 Å². The zero-order valence-electron chi connectivity index (χ0n) is 16.7. The van der Waals surface area contributed by atoms with Gasteiger partial charge in [-0.15, -0.1) is 6.58 Å². The molecule has 3 aliphatic rings. The van der Waals surface area contributed by atoms with Crippen LogP contribution < -0.4 is 5.32 Å². The van der Waals surface area contributed by atoms with Crippen LogP contribution in [0.25, 0.3) is 0 Å². The molecule has 1 heterocycles. The third kappa shape index (κ3) is 4.90. The molecule has 0 spiro atoms. The lowest BCUT2D eigenvalue weighted by atomic mass is 9.74. The van der Waals surface area contributed by atoms with Crippen molar-refractivity contribution in [3.63, 3.8) is 0 Å². The predicted molar refractivity (Wildman–Crippen MR) is 109 cm³/mol. The topological polar surface area (TPSA) is 15.3 Å². The Kier molecular flexibility index (Phi) is 6.66. The molecule has 0 aromatic rings. The van der Waals surface area contributed by atoms with E-state index in [1.807, 2.05) is 0 Å². The van der Waals surface area contributed by atoms with Gasteiger partial charge < -0.3 is 10.2 Å². The summed E-state index contributed by atoms with van der Waals surface area (Å²) in [5.41, 5.74) is 2.12. The molecule has 2 aliphatic carbocycles.